The fraction of sp³-hybridized carbons (Fsp3) is 0.462. The normalized spacial score (nSPS) is 12.3. The largest absolute Gasteiger partial charge is 0.350 e. The molecule has 0 fully saturated rings. The molecule has 5 heteroatoms. The van der Waals surface area contributed by atoms with E-state index in [4.69, 9.17) is 11.6 Å². The molecule has 1 atom stereocenters. The van der Waals surface area contributed by atoms with Gasteiger partial charge in [-0.3, -0.25) is 9.59 Å². The Morgan fingerprint density at radius 3 is 2.16 bits per heavy atom. The van der Waals surface area contributed by atoms with E-state index >= 15 is 0 Å². The molecule has 0 aliphatic carbocycles. The fourth-order valence-corrected chi connectivity index (χ4v) is 3.71. The second kappa shape index (κ2) is 11.3. The van der Waals surface area contributed by atoms with E-state index in [9.17, 15) is 9.59 Å². The summed E-state index contributed by atoms with van der Waals surface area (Å²) in [5.74, 6) is -0.182. The third-order valence-corrected chi connectivity index (χ3v) is 5.61. The van der Waals surface area contributed by atoms with Crippen LogP contribution in [0.25, 0.3) is 0 Å². The molecule has 0 unspecified atom stereocenters. The van der Waals surface area contributed by atoms with Crippen molar-refractivity contribution >= 4 is 23.4 Å². The van der Waals surface area contributed by atoms with Crippen LogP contribution in [0.5, 0.6) is 0 Å². The van der Waals surface area contributed by atoms with Crippen LogP contribution < -0.4 is 5.32 Å². The number of rotatable bonds is 9. The van der Waals surface area contributed by atoms with Crippen LogP contribution in [-0.2, 0) is 29.0 Å². The highest BCUT2D eigenvalue weighted by atomic mass is 35.5. The minimum absolute atomic E-state index is 0.0459. The third kappa shape index (κ3) is 7.70. The van der Waals surface area contributed by atoms with E-state index in [2.05, 4.69) is 36.5 Å². The molecule has 0 aromatic heterocycles. The lowest BCUT2D eigenvalue weighted by atomic mass is 10.0. The minimum atomic E-state index is -0.550. The van der Waals surface area contributed by atoms with Gasteiger partial charge in [-0.05, 0) is 62.8 Å². The number of halogens is 1. The van der Waals surface area contributed by atoms with Gasteiger partial charge >= 0.3 is 0 Å². The monoisotopic (exact) mass is 442 g/mol. The molecule has 31 heavy (non-hydrogen) atoms. The summed E-state index contributed by atoms with van der Waals surface area (Å²) in [4.78, 5) is 28.0. The average Bonchev–Trinajstić information content (AvgIpc) is 2.72. The highest BCUT2D eigenvalue weighted by molar-refractivity contribution is 6.31. The van der Waals surface area contributed by atoms with Gasteiger partial charge in [-0.2, -0.15) is 0 Å². The molecule has 168 valence electrons. The SMILES string of the molecule is CCc1ccc(CCC(=O)N(Cc2ccccc2Cl)[C@@H](CC)C(=O)NC(C)(C)C)cc1. The molecule has 1 N–H and O–H groups in total. The molecule has 2 rings (SSSR count). The Hall–Kier alpha value is -2.33. The summed E-state index contributed by atoms with van der Waals surface area (Å²) in [5.41, 5.74) is 2.87. The minimum Gasteiger partial charge on any atom is -0.350 e. The summed E-state index contributed by atoms with van der Waals surface area (Å²) in [6, 6.07) is 15.3. The lowest BCUT2D eigenvalue weighted by Gasteiger charge is -2.33. The molecule has 4 nitrogen and oxygen atoms in total. The number of hydrogen-bond acceptors (Lipinski definition) is 2. The van der Waals surface area contributed by atoms with Crippen molar-refractivity contribution in [3.05, 3.63) is 70.2 Å². The van der Waals surface area contributed by atoms with Crippen molar-refractivity contribution in [3.8, 4) is 0 Å². The van der Waals surface area contributed by atoms with Gasteiger partial charge in [0.15, 0.2) is 0 Å². The average molecular weight is 443 g/mol. The van der Waals surface area contributed by atoms with Gasteiger partial charge in [0.25, 0.3) is 0 Å². The topological polar surface area (TPSA) is 49.4 Å². The highest BCUT2D eigenvalue weighted by Crippen LogP contribution is 2.21. The van der Waals surface area contributed by atoms with Crippen LogP contribution in [0.1, 0.15) is 64.2 Å². The predicted molar refractivity (Wildman–Crippen MR) is 128 cm³/mol. The second-order valence-corrected chi connectivity index (χ2v) is 9.35. The van der Waals surface area contributed by atoms with E-state index in [0.717, 1.165) is 17.5 Å². The van der Waals surface area contributed by atoms with Crippen LogP contribution in [0.4, 0.5) is 0 Å². The van der Waals surface area contributed by atoms with Crippen LogP contribution in [0.2, 0.25) is 5.02 Å². The van der Waals surface area contributed by atoms with Gasteiger partial charge in [-0.15, -0.1) is 0 Å². The molecule has 0 spiro atoms. The lowest BCUT2D eigenvalue weighted by Crippen LogP contribution is -2.53. The van der Waals surface area contributed by atoms with Crippen molar-refractivity contribution in [2.24, 2.45) is 0 Å². The van der Waals surface area contributed by atoms with Crippen molar-refractivity contribution in [3.63, 3.8) is 0 Å². The van der Waals surface area contributed by atoms with Crippen molar-refractivity contribution < 1.29 is 9.59 Å². The van der Waals surface area contributed by atoms with E-state index < -0.39 is 6.04 Å². The van der Waals surface area contributed by atoms with Gasteiger partial charge in [0.2, 0.25) is 11.8 Å². The Kier molecular flexibility index (Phi) is 9.12. The van der Waals surface area contributed by atoms with E-state index in [1.165, 1.54) is 5.56 Å². The first kappa shape index (κ1) is 24.9. The van der Waals surface area contributed by atoms with Crippen LogP contribution in [0.15, 0.2) is 48.5 Å². The number of benzene rings is 2. The van der Waals surface area contributed by atoms with E-state index in [1.807, 2.05) is 52.0 Å². The quantitative estimate of drug-likeness (QED) is 0.552. The maximum absolute atomic E-state index is 13.3. The molecule has 0 radical (unpaired) electrons. The summed E-state index contributed by atoms with van der Waals surface area (Å²) < 4.78 is 0. The summed E-state index contributed by atoms with van der Waals surface area (Å²) in [6.45, 7) is 10.2. The van der Waals surface area contributed by atoms with Crippen LogP contribution in [0, 0.1) is 0 Å². The van der Waals surface area contributed by atoms with Crippen molar-refractivity contribution in [2.75, 3.05) is 0 Å². The van der Waals surface area contributed by atoms with Crippen LogP contribution in [-0.4, -0.2) is 28.3 Å². The van der Waals surface area contributed by atoms with Gasteiger partial charge in [-0.25, -0.2) is 0 Å². The number of nitrogens with zero attached hydrogens (tertiary/aromatic N) is 1. The Morgan fingerprint density at radius 2 is 1.61 bits per heavy atom. The Bertz CT molecular complexity index is 872. The van der Waals surface area contributed by atoms with Gasteiger partial charge < -0.3 is 10.2 Å². The number of carbonyl (C=O) groups excluding carboxylic acids is 2. The first-order valence-corrected chi connectivity index (χ1v) is 11.4. The summed E-state index contributed by atoms with van der Waals surface area (Å²) >= 11 is 6.37. The van der Waals surface area contributed by atoms with Crippen molar-refractivity contribution in [1.29, 1.82) is 0 Å². The van der Waals surface area contributed by atoms with Gasteiger partial charge in [-0.1, -0.05) is 67.9 Å². The molecule has 0 heterocycles. The molecule has 0 aliphatic rings. The standard InChI is InChI=1S/C26H35ClN2O2/c1-6-19-12-14-20(15-13-19)16-17-24(30)29(18-21-10-8-9-11-22(21)27)23(7-2)25(31)28-26(3,4)5/h8-15,23H,6-7,16-18H2,1-5H3,(H,28,31)/t23-/m0/s1. The number of aryl methyl sites for hydroxylation is 2. The van der Waals surface area contributed by atoms with E-state index in [0.29, 0.717) is 30.8 Å². The van der Waals surface area contributed by atoms with Gasteiger partial charge in [0, 0.05) is 23.5 Å². The third-order valence-electron chi connectivity index (χ3n) is 5.24. The highest BCUT2D eigenvalue weighted by Gasteiger charge is 2.30. The van der Waals surface area contributed by atoms with Gasteiger partial charge in [0.05, 0.1) is 0 Å². The molecule has 0 bridgehead atoms. The Morgan fingerprint density at radius 1 is 1.00 bits per heavy atom. The first-order valence-electron chi connectivity index (χ1n) is 11.1. The first-order chi connectivity index (χ1) is 14.6. The van der Waals surface area contributed by atoms with Crippen LogP contribution in [0.3, 0.4) is 0 Å². The van der Waals surface area contributed by atoms with Crippen molar-refractivity contribution in [2.45, 2.75) is 78.4 Å². The molecular formula is C26H35ClN2O2. The zero-order valence-electron chi connectivity index (χ0n) is 19.4. The predicted octanol–water partition coefficient (Wildman–Crippen LogP) is 5.56. The zero-order chi connectivity index (χ0) is 23.0. The molecule has 0 saturated carbocycles. The number of hydrogen-bond donors (Lipinski definition) is 1. The Labute approximate surface area is 192 Å². The smallest absolute Gasteiger partial charge is 0.243 e. The molecule has 2 aromatic carbocycles. The number of amides is 2. The van der Waals surface area contributed by atoms with E-state index in [-0.39, 0.29) is 17.4 Å². The van der Waals surface area contributed by atoms with Crippen LogP contribution >= 0.6 is 11.6 Å². The number of carbonyl (C=O) groups is 2. The summed E-state index contributed by atoms with van der Waals surface area (Å²) in [6.07, 6.45) is 2.50. The molecule has 0 saturated heterocycles. The zero-order valence-corrected chi connectivity index (χ0v) is 20.1. The number of nitrogens with one attached hydrogen (secondary N) is 1. The molecule has 2 amide bonds. The maximum Gasteiger partial charge on any atom is 0.243 e. The maximum atomic E-state index is 13.3. The molecule has 0 aliphatic heterocycles. The summed E-state index contributed by atoms with van der Waals surface area (Å²) in [7, 11) is 0. The molecular weight excluding hydrogens is 408 g/mol. The van der Waals surface area contributed by atoms with E-state index in [1.54, 1.807) is 4.90 Å². The Balaban J connectivity index is 2.22. The second-order valence-electron chi connectivity index (χ2n) is 8.95. The van der Waals surface area contributed by atoms with Crippen molar-refractivity contribution in [1.82, 2.24) is 10.2 Å². The fourth-order valence-electron chi connectivity index (χ4n) is 3.52. The summed E-state index contributed by atoms with van der Waals surface area (Å²) in [5, 5.41) is 3.63. The van der Waals surface area contributed by atoms with Gasteiger partial charge in [0.1, 0.15) is 6.04 Å². The lowest BCUT2D eigenvalue weighted by molar-refractivity contribution is -0.142. The molecule has 2 aromatic rings.